The molecule has 39 heavy (non-hydrogen) atoms. The Labute approximate surface area is 239 Å². The fourth-order valence-corrected chi connectivity index (χ4v) is 4.73. The number of fused-ring (bicyclic) bond motifs is 1. The van der Waals surface area contributed by atoms with E-state index >= 15 is 0 Å². The van der Waals surface area contributed by atoms with Crippen LogP contribution in [0, 0.1) is 20.0 Å². The number of methoxy groups -OCH3 is 4. The first-order valence-electron chi connectivity index (χ1n) is 11.3. The van der Waals surface area contributed by atoms with Crippen molar-refractivity contribution in [2.75, 3.05) is 35.0 Å². The topological polar surface area (TPSA) is 126 Å². The van der Waals surface area contributed by atoms with Crippen molar-refractivity contribution in [1.29, 1.82) is 0 Å². The van der Waals surface area contributed by atoms with Crippen molar-refractivity contribution in [2.45, 2.75) is 30.5 Å². The van der Waals surface area contributed by atoms with Crippen LogP contribution in [0.15, 0.2) is 60.7 Å². The largest absolute Gasteiger partial charge is 0 e. The van der Waals surface area contributed by atoms with Gasteiger partial charge in [-0.1, -0.05) is 54.6 Å². The summed E-state index contributed by atoms with van der Waals surface area (Å²) in [6, 6.07) is 19.9. The molecule has 3 aromatic rings. The molecule has 1 N–H and O–H groups in total. The minimum absolute atomic E-state index is 0. The summed E-state index contributed by atoms with van der Waals surface area (Å²) in [7, 11) is 6.49. The fourth-order valence-electron chi connectivity index (χ4n) is 4.73. The normalized spacial score (nSPS) is 21.3. The summed E-state index contributed by atoms with van der Waals surface area (Å²) in [5.74, 6) is 0.175. The SMILES string of the molecule is COC[C@H]1O[C@@H](c2cc(-c3ccccc3)c3ccccc3c2O)[C@H](OC)[C@@H](OC)[C@@H]1OC.[C-]#[O+].[C-]#[O+].[C-]#[O+].[Cr]. The molecular weight excluding hydrogens is 544 g/mol. The van der Waals surface area contributed by atoms with Crippen LogP contribution >= 0.6 is 0 Å². The van der Waals surface area contributed by atoms with Crippen molar-refractivity contribution in [1.82, 2.24) is 0 Å². The average Bonchev–Trinajstić information content (AvgIpc) is 3.00. The zero-order chi connectivity index (χ0) is 28.7. The molecule has 1 fully saturated rings. The Hall–Kier alpha value is -2.73. The van der Waals surface area contributed by atoms with E-state index < -0.39 is 24.4 Å². The fraction of sp³-hybridized carbons (Fsp3) is 0.345. The minimum Gasteiger partial charge on any atom is 0 e. The number of aromatic hydroxyl groups is 1. The van der Waals surface area contributed by atoms with Crippen LogP contribution in [0.5, 0.6) is 5.75 Å². The zero-order valence-corrected chi connectivity index (χ0v) is 23.3. The van der Waals surface area contributed by atoms with Gasteiger partial charge in [-0.3, -0.25) is 0 Å². The molecule has 3 aromatic carbocycles. The van der Waals surface area contributed by atoms with E-state index in [9.17, 15) is 5.11 Å². The number of phenolic OH excluding ortho intramolecular Hbond substituents is 1. The molecule has 1 aliphatic rings. The third kappa shape index (κ3) is 8.14. The van der Waals surface area contributed by atoms with Crippen LogP contribution in [0.4, 0.5) is 0 Å². The standard InChI is InChI=1S/C26H30O6.3CO.Cr/c1-28-15-21-24(29-2)26(31-4)25(30-3)23(32-21)20-14-19(16-10-6-5-7-11-16)17-12-8-9-13-18(17)22(20)27;3*1-2;/h5-14,21,23-27H,15H2,1-4H3;;;;/t21-,23+,24-,25+,26+;;;;/m1..../s1. The third-order valence-electron chi connectivity index (χ3n) is 6.22. The monoisotopic (exact) mass is 574 g/mol. The van der Waals surface area contributed by atoms with Gasteiger partial charge in [0, 0.05) is 56.7 Å². The van der Waals surface area contributed by atoms with Crippen molar-refractivity contribution in [3.05, 3.63) is 86.2 Å². The number of phenols is 1. The summed E-state index contributed by atoms with van der Waals surface area (Å²) in [4.78, 5) is 0. The Morgan fingerprint density at radius 2 is 1.26 bits per heavy atom. The van der Waals surface area contributed by atoms with Crippen LogP contribution in [0.2, 0.25) is 0 Å². The Kier molecular flexibility index (Phi) is 18.0. The van der Waals surface area contributed by atoms with E-state index in [0.29, 0.717) is 12.2 Å². The summed E-state index contributed by atoms with van der Waals surface area (Å²) >= 11 is 0. The van der Waals surface area contributed by atoms with E-state index in [2.05, 4.69) is 32.1 Å². The number of benzene rings is 3. The maximum atomic E-state index is 11.3. The second kappa shape index (κ2) is 19.4. The first kappa shape index (κ1) is 36.3. The summed E-state index contributed by atoms with van der Waals surface area (Å²) < 4.78 is 51.7. The van der Waals surface area contributed by atoms with Crippen LogP contribution in [0.3, 0.4) is 0 Å². The smallest absolute Gasteiger partial charge is 0 e. The number of ether oxygens (including phenoxy) is 5. The maximum absolute atomic E-state index is 11.3. The quantitative estimate of drug-likeness (QED) is 0.333. The van der Waals surface area contributed by atoms with Crippen LogP contribution in [-0.2, 0) is 55.0 Å². The maximum Gasteiger partial charge on any atom is 0 e. The van der Waals surface area contributed by atoms with E-state index in [1.807, 2.05) is 48.5 Å². The van der Waals surface area contributed by atoms with Crippen LogP contribution in [0.1, 0.15) is 11.7 Å². The average molecular weight is 575 g/mol. The van der Waals surface area contributed by atoms with Gasteiger partial charge in [0.2, 0.25) is 0 Å². The molecule has 206 valence electrons. The minimum atomic E-state index is -0.580. The van der Waals surface area contributed by atoms with Crippen molar-refractivity contribution >= 4 is 10.8 Å². The van der Waals surface area contributed by atoms with Gasteiger partial charge in [0.1, 0.15) is 36.3 Å². The molecule has 0 spiro atoms. The van der Waals surface area contributed by atoms with E-state index in [0.717, 1.165) is 21.9 Å². The van der Waals surface area contributed by atoms with Crippen LogP contribution < -0.4 is 0 Å². The molecule has 0 saturated carbocycles. The molecule has 4 rings (SSSR count). The predicted molar refractivity (Wildman–Crippen MR) is 135 cm³/mol. The van der Waals surface area contributed by atoms with Crippen molar-refractivity contribution < 1.29 is 60.1 Å². The van der Waals surface area contributed by atoms with Crippen molar-refractivity contribution in [3.63, 3.8) is 0 Å². The molecule has 0 radical (unpaired) electrons. The first-order chi connectivity index (χ1) is 18.6. The Bertz CT molecular complexity index is 1170. The Morgan fingerprint density at radius 1 is 0.744 bits per heavy atom. The van der Waals surface area contributed by atoms with E-state index in [4.69, 9.17) is 37.6 Å². The first-order valence-corrected chi connectivity index (χ1v) is 11.3. The van der Waals surface area contributed by atoms with Crippen LogP contribution in [-0.4, -0.2) is 64.6 Å². The summed E-state index contributed by atoms with van der Waals surface area (Å²) in [5.41, 5.74) is 2.71. The van der Waals surface area contributed by atoms with Gasteiger partial charge in [-0.25, -0.2) is 0 Å². The van der Waals surface area contributed by atoms with Crippen molar-refractivity contribution in [3.8, 4) is 16.9 Å². The van der Waals surface area contributed by atoms with E-state index in [-0.39, 0.29) is 29.2 Å². The van der Waals surface area contributed by atoms with Gasteiger partial charge < -0.3 is 28.8 Å². The molecule has 1 heterocycles. The van der Waals surface area contributed by atoms with E-state index in [1.165, 1.54) is 0 Å². The second-order valence-electron chi connectivity index (χ2n) is 7.93. The van der Waals surface area contributed by atoms with Gasteiger partial charge in [-0.15, -0.1) is 0 Å². The number of hydrogen-bond acceptors (Lipinski definition) is 6. The van der Waals surface area contributed by atoms with Gasteiger partial charge >= 0.3 is 33.9 Å². The molecule has 0 amide bonds. The zero-order valence-electron chi connectivity index (χ0n) is 22.0. The van der Waals surface area contributed by atoms with E-state index in [1.54, 1.807) is 28.4 Å². The number of hydrogen-bond donors (Lipinski definition) is 1. The molecule has 10 heteroatoms. The molecule has 9 nitrogen and oxygen atoms in total. The van der Waals surface area contributed by atoms with Gasteiger partial charge in [-0.2, -0.15) is 0 Å². The van der Waals surface area contributed by atoms with Gasteiger partial charge in [-0.05, 0) is 22.6 Å². The van der Waals surface area contributed by atoms with Crippen molar-refractivity contribution in [2.24, 2.45) is 0 Å². The summed E-state index contributed by atoms with van der Waals surface area (Å²) in [5, 5.41) is 13.1. The molecule has 0 bridgehead atoms. The Balaban J connectivity index is 0.00000193. The predicted octanol–water partition coefficient (Wildman–Crippen LogP) is 4.23. The molecule has 0 unspecified atom stereocenters. The molecular formula is C29H30CrO9. The summed E-state index contributed by atoms with van der Waals surface area (Å²) in [6.45, 7) is 13.8. The molecule has 0 aromatic heterocycles. The second-order valence-corrected chi connectivity index (χ2v) is 7.93. The summed E-state index contributed by atoms with van der Waals surface area (Å²) in [6.07, 6.45) is -2.25. The molecule has 1 aliphatic heterocycles. The van der Waals surface area contributed by atoms with Gasteiger partial charge in [0.25, 0.3) is 0 Å². The molecule has 5 atom stereocenters. The Morgan fingerprint density at radius 3 is 1.77 bits per heavy atom. The van der Waals surface area contributed by atoms with Crippen LogP contribution in [0.25, 0.3) is 21.9 Å². The number of rotatable bonds is 7. The molecule has 1 saturated heterocycles. The van der Waals surface area contributed by atoms with Gasteiger partial charge in [0.15, 0.2) is 0 Å². The molecule has 0 aliphatic carbocycles. The van der Waals surface area contributed by atoms with Gasteiger partial charge in [0.05, 0.1) is 6.61 Å². The third-order valence-corrected chi connectivity index (χ3v) is 6.22.